The molecule has 27 heavy (non-hydrogen) atoms. The zero-order valence-corrected chi connectivity index (χ0v) is 16.3. The maximum atomic E-state index is 13.0. The van der Waals surface area contributed by atoms with Crippen molar-refractivity contribution in [3.63, 3.8) is 0 Å². The molecule has 1 N–H and O–H groups in total. The number of piperidine rings is 1. The van der Waals surface area contributed by atoms with Gasteiger partial charge < -0.3 is 10.1 Å². The van der Waals surface area contributed by atoms with Gasteiger partial charge in [0.15, 0.2) is 0 Å². The minimum absolute atomic E-state index is 0.107. The van der Waals surface area contributed by atoms with Crippen LogP contribution < -0.4 is 10.1 Å². The van der Waals surface area contributed by atoms with E-state index < -0.39 is 15.9 Å². The van der Waals surface area contributed by atoms with Crippen LogP contribution in [0.5, 0.6) is 5.75 Å². The average Bonchev–Trinajstić information content (AvgIpc) is 2.68. The maximum absolute atomic E-state index is 13.0. The van der Waals surface area contributed by atoms with Gasteiger partial charge in [0.1, 0.15) is 5.75 Å². The summed E-state index contributed by atoms with van der Waals surface area (Å²) in [6, 6.07) is 13.4. The zero-order valence-electron chi connectivity index (χ0n) is 15.5. The predicted octanol–water partition coefficient (Wildman–Crippen LogP) is 3.37. The van der Waals surface area contributed by atoms with E-state index in [1.54, 1.807) is 12.1 Å². The molecule has 1 amide bonds. The van der Waals surface area contributed by atoms with Crippen LogP contribution in [-0.2, 0) is 10.0 Å². The lowest BCUT2D eigenvalue weighted by Gasteiger charge is -2.29. The monoisotopic (exact) mass is 388 g/mol. The molecule has 1 saturated heterocycles. The van der Waals surface area contributed by atoms with Gasteiger partial charge in [0.2, 0.25) is 10.0 Å². The van der Waals surface area contributed by atoms with Gasteiger partial charge in [-0.1, -0.05) is 25.1 Å². The molecule has 3 rings (SSSR count). The van der Waals surface area contributed by atoms with Crippen molar-refractivity contribution in [2.45, 2.75) is 24.7 Å². The van der Waals surface area contributed by atoms with Crippen LogP contribution in [0.3, 0.4) is 0 Å². The number of carbonyl (C=O) groups is 1. The summed E-state index contributed by atoms with van der Waals surface area (Å²) in [4.78, 5) is 12.8. The average molecular weight is 388 g/mol. The van der Waals surface area contributed by atoms with Crippen LogP contribution >= 0.6 is 0 Å². The van der Waals surface area contributed by atoms with Crippen molar-refractivity contribution in [1.29, 1.82) is 0 Å². The third-order valence-electron chi connectivity index (χ3n) is 4.83. The molecule has 1 aliphatic rings. The second kappa shape index (κ2) is 8.10. The topological polar surface area (TPSA) is 75.7 Å². The highest BCUT2D eigenvalue weighted by atomic mass is 32.2. The van der Waals surface area contributed by atoms with E-state index in [1.165, 1.54) is 29.6 Å². The minimum Gasteiger partial charge on any atom is -0.496 e. The number of methoxy groups -OCH3 is 1. The smallest absolute Gasteiger partial charge is 0.259 e. The lowest BCUT2D eigenvalue weighted by Crippen LogP contribution is -2.37. The van der Waals surface area contributed by atoms with Gasteiger partial charge in [-0.15, -0.1) is 0 Å². The van der Waals surface area contributed by atoms with Crippen LogP contribution in [0.4, 0.5) is 5.69 Å². The van der Waals surface area contributed by atoms with E-state index in [2.05, 4.69) is 12.2 Å². The van der Waals surface area contributed by atoms with Crippen LogP contribution in [0.15, 0.2) is 53.4 Å². The number of rotatable bonds is 5. The van der Waals surface area contributed by atoms with Gasteiger partial charge in [-0.2, -0.15) is 4.31 Å². The van der Waals surface area contributed by atoms with Gasteiger partial charge in [0.25, 0.3) is 5.91 Å². The highest BCUT2D eigenvalue weighted by Gasteiger charge is 2.29. The highest BCUT2D eigenvalue weighted by Crippen LogP contribution is 2.28. The largest absolute Gasteiger partial charge is 0.496 e. The van der Waals surface area contributed by atoms with Gasteiger partial charge in [0.05, 0.1) is 17.6 Å². The summed E-state index contributed by atoms with van der Waals surface area (Å²) in [5.41, 5.74) is 0.815. The first-order chi connectivity index (χ1) is 12.9. The third-order valence-corrected chi connectivity index (χ3v) is 6.72. The molecular formula is C20H24N2O4S. The summed E-state index contributed by atoms with van der Waals surface area (Å²) < 4.78 is 32.7. The van der Waals surface area contributed by atoms with E-state index in [4.69, 9.17) is 4.74 Å². The summed E-state index contributed by atoms with van der Waals surface area (Å²) in [6.45, 7) is 3.13. The van der Waals surface area contributed by atoms with Gasteiger partial charge >= 0.3 is 0 Å². The number of anilines is 1. The number of benzene rings is 2. The summed E-state index contributed by atoms with van der Waals surface area (Å²) in [6.07, 6.45) is 1.69. The SMILES string of the molecule is COc1ccc(S(=O)(=O)N2CCC(C)CC2)cc1C(=O)Nc1ccccc1. The molecule has 0 radical (unpaired) electrons. The Kier molecular flexibility index (Phi) is 5.82. The van der Waals surface area contributed by atoms with Crippen molar-refractivity contribution in [3.05, 3.63) is 54.1 Å². The Morgan fingerprint density at radius 1 is 1.11 bits per heavy atom. The summed E-state index contributed by atoms with van der Waals surface area (Å²) in [5.74, 6) is 0.441. The quantitative estimate of drug-likeness (QED) is 0.852. The Morgan fingerprint density at radius 2 is 1.78 bits per heavy atom. The lowest BCUT2D eigenvalue weighted by atomic mass is 10.0. The predicted molar refractivity (Wildman–Crippen MR) is 105 cm³/mol. The Hall–Kier alpha value is -2.38. The van der Waals surface area contributed by atoms with Crippen LogP contribution in [0.1, 0.15) is 30.1 Å². The maximum Gasteiger partial charge on any atom is 0.259 e. The molecule has 1 aliphatic heterocycles. The summed E-state index contributed by atoms with van der Waals surface area (Å²) in [5, 5.41) is 2.77. The molecule has 0 aliphatic carbocycles. The number of carbonyl (C=O) groups excluding carboxylic acids is 1. The fourth-order valence-corrected chi connectivity index (χ4v) is 4.62. The normalized spacial score (nSPS) is 16.1. The van der Waals surface area contributed by atoms with Crippen molar-refractivity contribution in [2.24, 2.45) is 5.92 Å². The molecule has 144 valence electrons. The van der Waals surface area contributed by atoms with Gasteiger partial charge in [-0.3, -0.25) is 4.79 Å². The van der Waals surface area contributed by atoms with Crippen LogP contribution in [-0.4, -0.2) is 38.8 Å². The number of ether oxygens (including phenoxy) is 1. The standard InChI is InChI=1S/C20H24N2O4S/c1-15-10-12-22(13-11-15)27(24,25)17-8-9-19(26-2)18(14-17)20(23)21-16-6-4-3-5-7-16/h3-9,14-15H,10-13H2,1-2H3,(H,21,23). The number of nitrogens with zero attached hydrogens (tertiary/aromatic N) is 1. The number of hydrogen-bond acceptors (Lipinski definition) is 4. The Bertz CT molecular complexity index is 905. The number of sulfonamides is 1. The van der Waals surface area contributed by atoms with E-state index in [-0.39, 0.29) is 10.5 Å². The molecule has 0 saturated carbocycles. The Balaban J connectivity index is 1.90. The van der Waals surface area contributed by atoms with Crippen molar-refractivity contribution in [3.8, 4) is 5.75 Å². The van der Waals surface area contributed by atoms with Gasteiger partial charge in [0, 0.05) is 18.8 Å². The Morgan fingerprint density at radius 3 is 2.41 bits per heavy atom. The fraction of sp³-hybridized carbons (Fsp3) is 0.350. The molecule has 6 nitrogen and oxygen atoms in total. The van der Waals surface area contributed by atoms with Crippen LogP contribution in [0, 0.1) is 5.92 Å². The molecule has 1 fully saturated rings. The third kappa shape index (κ3) is 4.31. The van der Waals surface area contributed by atoms with Crippen molar-refractivity contribution in [1.82, 2.24) is 4.31 Å². The minimum atomic E-state index is -3.64. The second-order valence-electron chi connectivity index (χ2n) is 6.77. The van der Waals surface area contributed by atoms with Gasteiger partial charge in [-0.05, 0) is 49.1 Å². The molecule has 2 aromatic rings. The zero-order chi connectivity index (χ0) is 19.4. The first kappa shape index (κ1) is 19.4. The van der Waals surface area contributed by atoms with E-state index >= 15 is 0 Å². The van der Waals surface area contributed by atoms with Gasteiger partial charge in [-0.25, -0.2) is 8.42 Å². The molecule has 0 atom stereocenters. The molecule has 7 heteroatoms. The fourth-order valence-electron chi connectivity index (χ4n) is 3.12. The molecule has 0 unspecified atom stereocenters. The van der Waals surface area contributed by atoms with Crippen molar-refractivity contribution >= 4 is 21.6 Å². The molecule has 2 aromatic carbocycles. The lowest BCUT2D eigenvalue weighted by molar-refractivity contribution is 0.102. The number of nitrogens with one attached hydrogen (secondary N) is 1. The summed E-state index contributed by atoms with van der Waals surface area (Å²) in [7, 11) is -2.19. The first-order valence-corrected chi connectivity index (χ1v) is 10.4. The molecule has 0 spiro atoms. The van der Waals surface area contributed by atoms with E-state index in [0.717, 1.165) is 12.8 Å². The first-order valence-electron chi connectivity index (χ1n) is 8.96. The number of para-hydroxylation sites is 1. The second-order valence-corrected chi connectivity index (χ2v) is 8.71. The molecule has 1 heterocycles. The molecule has 0 aromatic heterocycles. The van der Waals surface area contributed by atoms with E-state index in [0.29, 0.717) is 30.4 Å². The van der Waals surface area contributed by atoms with Crippen LogP contribution in [0.2, 0.25) is 0 Å². The van der Waals surface area contributed by atoms with Crippen molar-refractivity contribution in [2.75, 3.05) is 25.5 Å². The Labute approximate surface area is 160 Å². The molecule has 0 bridgehead atoms. The number of hydrogen-bond donors (Lipinski definition) is 1. The van der Waals surface area contributed by atoms with Crippen LogP contribution in [0.25, 0.3) is 0 Å². The number of amides is 1. The van der Waals surface area contributed by atoms with Crippen molar-refractivity contribution < 1.29 is 17.9 Å². The highest BCUT2D eigenvalue weighted by molar-refractivity contribution is 7.89. The van der Waals surface area contributed by atoms with E-state index in [1.807, 2.05) is 18.2 Å². The molecular weight excluding hydrogens is 364 g/mol. The van der Waals surface area contributed by atoms with E-state index in [9.17, 15) is 13.2 Å². The summed E-state index contributed by atoms with van der Waals surface area (Å²) >= 11 is 0.